The van der Waals surface area contributed by atoms with E-state index in [2.05, 4.69) is 21.0 Å². The molecule has 1 heterocycles. The van der Waals surface area contributed by atoms with E-state index in [1.54, 1.807) is 23.9 Å². The van der Waals surface area contributed by atoms with E-state index in [1.165, 1.54) is 0 Å². The summed E-state index contributed by atoms with van der Waals surface area (Å²) in [6.45, 7) is 7.28. The highest BCUT2D eigenvalue weighted by Crippen LogP contribution is 2.09. The third-order valence-electron chi connectivity index (χ3n) is 3.09. The van der Waals surface area contributed by atoms with Gasteiger partial charge in [0.1, 0.15) is 6.04 Å². The summed E-state index contributed by atoms with van der Waals surface area (Å²) in [5.74, 6) is 0.159. The molecule has 0 fully saturated rings. The van der Waals surface area contributed by atoms with Crippen molar-refractivity contribution in [2.24, 2.45) is 0 Å². The summed E-state index contributed by atoms with van der Waals surface area (Å²) in [5.41, 5.74) is 0.543. The number of para-hydroxylation sites is 1. The molecule has 0 unspecified atom stereocenters. The maximum atomic E-state index is 12.0. The van der Waals surface area contributed by atoms with Crippen LogP contribution in [-0.4, -0.2) is 33.3 Å². The van der Waals surface area contributed by atoms with Crippen LogP contribution in [0.5, 0.6) is 0 Å². The van der Waals surface area contributed by atoms with Crippen molar-refractivity contribution in [3.63, 3.8) is 0 Å². The monoisotopic (exact) mass is 329 g/mol. The quantitative estimate of drug-likeness (QED) is 0.804. The van der Waals surface area contributed by atoms with Crippen molar-refractivity contribution in [1.29, 1.82) is 0 Å². The number of rotatable bonds is 4. The summed E-state index contributed by atoms with van der Waals surface area (Å²) >= 11 is 0. The van der Waals surface area contributed by atoms with Crippen LogP contribution in [0.3, 0.4) is 0 Å². The lowest BCUT2D eigenvalue weighted by Crippen LogP contribution is -2.51. The first-order valence-corrected chi connectivity index (χ1v) is 7.75. The van der Waals surface area contributed by atoms with E-state index in [-0.39, 0.29) is 11.4 Å². The summed E-state index contributed by atoms with van der Waals surface area (Å²) in [6.07, 6.45) is 1.75. The molecule has 0 radical (unpaired) electrons. The van der Waals surface area contributed by atoms with Crippen molar-refractivity contribution in [3.8, 4) is 5.69 Å². The Morgan fingerprint density at radius 2 is 1.79 bits per heavy atom. The lowest BCUT2D eigenvalue weighted by atomic mass is 10.1. The molecule has 3 N–H and O–H groups in total. The van der Waals surface area contributed by atoms with Crippen LogP contribution in [0.4, 0.5) is 10.6 Å². The minimum absolute atomic E-state index is 0.243. The summed E-state index contributed by atoms with van der Waals surface area (Å²) in [5, 5.41) is 12.3. The van der Waals surface area contributed by atoms with Gasteiger partial charge in [-0.05, 0) is 39.8 Å². The number of urea groups is 1. The Labute approximate surface area is 141 Å². The molecule has 0 spiro atoms. The van der Waals surface area contributed by atoms with Gasteiger partial charge in [-0.2, -0.15) is 0 Å². The molecule has 0 saturated carbocycles. The van der Waals surface area contributed by atoms with Crippen molar-refractivity contribution in [2.45, 2.75) is 39.3 Å². The molecular weight excluding hydrogens is 306 g/mol. The van der Waals surface area contributed by atoms with Gasteiger partial charge >= 0.3 is 6.03 Å². The van der Waals surface area contributed by atoms with Gasteiger partial charge < -0.3 is 10.6 Å². The third kappa shape index (κ3) is 5.12. The van der Waals surface area contributed by atoms with Crippen LogP contribution >= 0.6 is 0 Å². The van der Waals surface area contributed by atoms with Crippen molar-refractivity contribution in [2.75, 3.05) is 5.32 Å². The van der Waals surface area contributed by atoms with Gasteiger partial charge in [-0.3, -0.25) is 10.1 Å². The summed E-state index contributed by atoms with van der Waals surface area (Å²) in [4.78, 5) is 23.9. The number of nitrogens with one attached hydrogen (secondary N) is 3. The largest absolute Gasteiger partial charge is 0.350 e. The zero-order chi connectivity index (χ0) is 17.7. The van der Waals surface area contributed by atoms with Crippen LogP contribution < -0.4 is 16.0 Å². The molecule has 0 aliphatic carbocycles. The van der Waals surface area contributed by atoms with Gasteiger partial charge in [0, 0.05) is 17.8 Å². The van der Waals surface area contributed by atoms with Crippen LogP contribution in [0.25, 0.3) is 5.69 Å². The Kier molecular flexibility index (Phi) is 5.23. The SMILES string of the molecule is C[C@@H](NC(=O)Nc1ccn(-c2ccccc2)n1)C(=O)NC(C)(C)C. The molecule has 7 heteroatoms. The van der Waals surface area contributed by atoms with Gasteiger partial charge in [0.05, 0.1) is 5.69 Å². The van der Waals surface area contributed by atoms with Gasteiger partial charge in [0.2, 0.25) is 5.91 Å². The molecular formula is C17H23N5O2. The number of carbonyl (C=O) groups is 2. The van der Waals surface area contributed by atoms with E-state index in [1.807, 2.05) is 51.1 Å². The number of aromatic nitrogens is 2. The maximum Gasteiger partial charge on any atom is 0.321 e. The molecule has 3 amide bonds. The first kappa shape index (κ1) is 17.5. The molecule has 0 aliphatic heterocycles. The Hall–Kier alpha value is -2.83. The summed E-state index contributed by atoms with van der Waals surface area (Å²) < 4.78 is 1.66. The van der Waals surface area contributed by atoms with E-state index in [9.17, 15) is 9.59 Å². The number of anilines is 1. The fraction of sp³-hybridized carbons (Fsp3) is 0.353. The van der Waals surface area contributed by atoms with Gasteiger partial charge in [-0.15, -0.1) is 5.10 Å². The van der Waals surface area contributed by atoms with E-state index >= 15 is 0 Å². The fourth-order valence-corrected chi connectivity index (χ4v) is 2.01. The van der Waals surface area contributed by atoms with Crippen LogP contribution in [0.15, 0.2) is 42.6 Å². The molecule has 24 heavy (non-hydrogen) atoms. The van der Waals surface area contributed by atoms with Crippen LogP contribution in [0.1, 0.15) is 27.7 Å². The molecule has 7 nitrogen and oxygen atoms in total. The van der Waals surface area contributed by atoms with E-state index in [4.69, 9.17) is 0 Å². The second-order valence-electron chi connectivity index (χ2n) is 6.54. The van der Waals surface area contributed by atoms with Gasteiger partial charge in [0.15, 0.2) is 5.82 Å². The normalized spacial score (nSPS) is 12.3. The molecule has 1 atom stereocenters. The van der Waals surface area contributed by atoms with E-state index < -0.39 is 12.1 Å². The highest BCUT2D eigenvalue weighted by Gasteiger charge is 2.20. The number of benzene rings is 1. The number of nitrogens with zero attached hydrogens (tertiary/aromatic N) is 2. The smallest absolute Gasteiger partial charge is 0.321 e. The Bertz CT molecular complexity index is 703. The highest BCUT2D eigenvalue weighted by atomic mass is 16.2. The molecule has 0 aliphatic rings. The molecule has 0 saturated heterocycles. The minimum atomic E-state index is -0.652. The van der Waals surface area contributed by atoms with Crippen molar-refractivity contribution in [1.82, 2.24) is 20.4 Å². The average Bonchev–Trinajstić information content (AvgIpc) is 2.94. The van der Waals surface area contributed by atoms with Gasteiger partial charge in [-0.1, -0.05) is 18.2 Å². The summed E-state index contributed by atoms with van der Waals surface area (Å²) in [6, 6.07) is 10.1. The molecule has 2 aromatic rings. The number of hydrogen-bond acceptors (Lipinski definition) is 3. The Balaban J connectivity index is 1.91. The van der Waals surface area contributed by atoms with Crippen molar-refractivity contribution < 1.29 is 9.59 Å². The first-order chi connectivity index (χ1) is 11.2. The second kappa shape index (κ2) is 7.16. The number of carbonyl (C=O) groups excluding carboxylic acids is 2. The summed E-state index contributed by atoms with van der Waals surface area (Å²) in [7, 11) is 0. The second-order valence-corrected chi connectivity index (χ2v) is 6.54. The predicted molar refractivity (Wildman–Crippen MR) is 93.1 cm³/mol. The molecule has 0 bridgehead atoms. The van der Waals surface area contributed by atoms with E-state index in [0.717, 1.165) is 5.69 Å². The maximum absolute atomic E-state index is 12.0. The molecule has 128 valence electrons. The van der Waals surface area contributed by atoms with Crippen molar-refractivity contribution in [3.05, 3.63) is 42.6 Å². The predicted octanol–water partition coefficient (Wildman–Crippen LogP) is 2.30. The van der Waals surface area contributed by atoms with Gasteiger partial charge in [0.25, 0.3) is 0 Å². The number of amides is 3. The Morgan fingerprint density at radius 3 is 2.42 bits per heavy atom. The molecule has 2 rings (SSSR count). The average molecular weight is 329 g/mol. The van der Waals surface area contributed by atoms with E-state index in [0.29, 0.717) is 5.82 Å². The standard InChI is InChI=1S/C17H23N5O2/c1-12(15(23)20-17(2,3)4)18-16(24)19-14-10-11-22(21-14)13-8-6-5-7-9-13/h5-12H,1-4H3,(H,20,23)(H2,18,19,21,24)/t12-/m1/s1. The zero-order valence-corrected chi connectivity index (χ0v) is 14.3. The van der Waals surface area contributed by atoms with Crippen LogP contribution in [0, 0.1) is 0 Å². The number of hydrogen-bond donors (Lipinski definition) is 3. The molecule has 1 aromatic heterocycles. The van der Waals surface area contributed by atoms with Crippen LogP contribution in [-0.2, 0) is 4.79 Å². The van der Waals surface area contributed by atoms with Gasteiger partial charge in [-0.25, -0.2) is 9.48 Å². The third-order valence-corrected chi connectivity index (χ3v) is 3.09. The first-order valence-electron chi connectivity index (χ1n) is 7.75. The lowest BCUT2D eigenvalue weighted by molar-refractivity contribution is -0.123. The zero-order valence-electron chi connectivity index (χ0n) is 14.3. The molecule has 1 aromatic carbocycles. The Morgan fingerprint density at radius 1 is 1.12 bits per heavy atom. The minimum Gasteiger partial charge on any atom is -0.350 e. The lowest BCUT2D eigenvalue weighted by Gasteiger charge is -2.23. The van der Waals surface area contributed by atoms with Crippen LogP contribution in [0.2, 0.25) is 0 Å². The fourth-order valence-electron chi connectivity index (χ4n) is 2.01. The van der Waals surface area contributed by atoms with Crippen molar-refractivity contribution >= 4 is 17.8 Å². The highest BCUT2D eigenvalue weighted by molar-refractivity contribution is 5.93. The topological polar surface area (TPSA) is 88.1 Å².